The lowest BCUT2D eigenvalue weighted by atomic mass is 10.00. The summed E-state index contributed by atoms with van der Waals surface area (Å²) in [5.74, 6) is 0. The van der Waals surface area contributed by atoms with Gasteiger partial charge in [-0.05, 0) is 19.1 Å². The first-order valence-electron chi connectivity index (χ1n) is 8.51. The lowest BCUT2D eigenvalue weighted by Gasteiger charge is -2.11. The number of rotatable bonds is 6. The molecule has 3 aromatic carbocycles. The first-order chi connectivity index (χ1) is 13.5. The molecule has 7 heteroatoms. The Morgan fingerprint density at radius 3 is 1.79 bits per heavy atom. The molecule has 0 radical (unpaired) electrons. The van der Waals surface area contributed by atoms with E-state index in [1.54, 1.807) is 60.7 Å². The van der Waals surface area contributed by atoms with E-state index in [4.69, 9.17) is 0 Å². The van der Waals surface area contributed by atoms with Crippen molar-refractivity contribution in [3.05, 3.63) is 102 Å². The van der Waals surface area contributed by atoms with Gasteiger partial charge in [0.25, 0.3) is 10.0 Å². The summed E-state index contributed by atoms with van der Waals surface area (Å²) >= 11 is 0. The summed E-state index contributed by atoms with van der Waals surface area (Å²) in [4.78, 5) is 2.34. The second-order valence-corrected chi connectivity index (χ2v) is 7.71. The van der Waals surface area contributed by atoms with E-state index in [1.807, 2.05) is 19.1 Å². The Morgan fingerprint density at radius 1 is 0.786 bits per heavy atom. The van der Waals surface area contributed by atoms with Crippen molar-refractivity contribution < 1.29 is 13.6 Å². The molecule has 0 saturated carbocycles. The van der Waals surface area contributed by atoms with E-state index in [0.717, 1.165) is 5.56 Å². The van der Waals surface area contributed by atoms with Crippen LogP contribution in [0.25, 0.3) is 0 Å². The van der Waals surface area contributed by atoms with E-state index >= 15 is 0 Å². The van der Waals surface area contributed by atoms with Crippen LogP contribution >= 0.6 is 0 Å². The van der Waals surface area contributed by atoms with Crippen LogP contribution in [0, 0.1) is 6.92 Å². The molecule has 0 bridgehead atoms. The number of benzene rings is 3. The zero-order valence-electron chi connectivity index (χ0n) is 15.1. The lowest BCUT2D eigenvalue weighted by molar-refractivity contribution is 0.320. The van der Waals surface area contributed by atoms with Gasteiger partial charge in [0, 0.05) is 11.1 Å². The summed E-state index contributed by atoms with van der Waals surface area (Å²) in [6.07, 6.45) is 0. The van der Waals surface area contributed by atoms with E-state index in [0.29, 0.717) is 11.1 Å². The van der Waals surface area contributed by atoms with Crippen LogP contribution in [-0.4, -0.2) is 25.0 Å². The molecule has 0 aliphatic rings. The Balaban J connectivity index is 2.03. The fraction of sp³-hybridized carbons (Fsp3) is 0.0476. The Bertz CT molecular complexity index is 1090. The van der Waals surface area contributed by atoms with Gasteiger partial charge in [-0.15, -0.1) is 0 Å². The summed E-state index contributed by atoms with van der Waals surface area (Å²) in [5, 5.41) is 17.1. The quantitative estimate of drug-likeness (QED) is 0.381. The highest BCUT2D eigenvalue weighted by Crippen LogP contribution is 2.13. The molecule has 0 spiro atoms. The van der Waals surface area contributed by atoms with Crippen LogP contribution < -0.4 is 4.83 Å². The van der Waals surface area contributed by atoms with Crippen LogP contribution in [0.2, 0.25) is 0 Å². The smallest absolute Gasteiger partial charge is 0.276 e. The van der Waals surface area contributed by atoms with Gasteiger partial charge in [-0.3, -0.25) is 0 Å². The van der Waals surface area contributed by atoms with Crippen molar-refractivity contribution in [3.63, 3.8) is 0 Å². The summed E-state index contributed by atoms with van der Waals surface area (Å²) in [6, 6.07) is 24.3. The van der Waals surface area contributed by atoms with E-state index in [-0.39, 0.29) is 16.3 Å². The molecule has 0 amide bonds. The molecule has 2 N–H and O–H groups in total. The molecule has 0 unspecified atom stereocenters. The maximum atomic E-state index is 12.6. The molecule has 0 fully saturated rings. The highest BCUT2D eigenvalue weighted by Gasteiger charge is 2.18. The SMILES string of the molecule is Cc1ccc(S(=O)(=O)N/N=C(/C(=N\O)c2ccccc2)c2ccccc2)cc1. The number of oxime groups is 1. The van der Waals surface area contributed by atoms with E-state index in [2.05, 4.69) is 15.1 Å². The first-order valence-corrected chi connectivity index (χ1v) is 9.99. The van der Waals surface area contributed by atoms with Crippen LogP contribution in [0.3, 0.4) is 0 Å². The number of sulfonamides is 1. The average Bonchev–Trinajstić information content (AvgIpc) is 2.72. The monoisotopic (exact) mass is 393 g/mol. The van der Waals surface area contributed by atoms with Gasteiger partial charge in [-0.25, -0.2) is 0 Å². The van der Waals surface area contributed by atoms with Crippen molar-refractivity contribution in [1.29, 1.82) is 0 Å². The molecule has 28 heavy (non-hydrogen) atoms. The fourth-order valence-electron chi connectivity index (χ4n) is 2.56. The Kier molecular flexibility index (Phi) is 5.86. The predicted molar refractivity (Wildman–Crippen MR) is 109 cm³/mol. The topological polar surface area (TPSA) is 91.1 Å². The molecule has 0 aliphatic carbocycles. The fourth-order valence-corrected chi connectivity index (χ4v) is 3.38. The second-order valence-electron chi connectivity index (χ2n) is 6.05. The zero-order chi connectivity index (χ0) is 20.0. The van der Waals surface area contributed by atoms with Crippen molar-refractivity contribution in [2.45, 2.75) is 11.8 Å². The first kappa shape index (κ1) is 19.3. The average molecular weight is 393 g/mol. The molecule has 3 rings (SSSR count). The largest absolute Gasteiger partial charge is 0.410 e. The Labute approximate surface area is 163 Å². The molecular weight excluding hydrogens is 374 g/mol. The third kappa shape index (κ3) is 4.44. The van der Waals surface area contributed by atoms with Crippen LogP contribution in [0.4, 0.5) is 0 Å². The lowest BCUT2D eigenvalue weighted by Crippen LogP contribution is -2.25. The van der Waals surface area contributed by atoms with Crippen LogP contribution in [0.15, 0.2) is 100 Å². The third-order valence-corrected chi connectivity index (χ3v) is 5.25. The summed E-state index contributed by atoms with van der Waals surface area (Å²) in [7, 11) is -3.88. The van der Waals surface area contributed by atoms with Crippen molar-refractivity contribution in [3.8, 4) is 0 Å². The minimum atomic E-state index is -3.88. The van der Waals surface area contributed by atoms with Crippen molar-refractivity contribution in [1.82, 2.24) is 4.83 Å². The standard InChI is InChI=1S/C21H19N3O3S/c1-16-12-14-19(15-13-16)28(26,27)24-22-20(17-8-4-2-5-9-17)21(23-25)18-10-6-3-7-11-18/h2-15,24-25H,1H3/b22-20+,23-21-. The number of hydrogen-bond donors (Lipinski definition) is 2. The molecule has 6 nitrogen and oxygen atoms in total. The molecule has 0 saturated heterocycles. The number of aryl methyl sites for hydroxylation is 1. The Hall–Kier alpha value is -3.45. The minimum Gasteiger partial charge on any atom is -0.410 e. The van der Waals surface area contributed by atoms with Gasteiger partial charge in [-0.1, -0.05) is 83.5 Å². The second kappa shape index (κ2) is 8.49. The minimum absolute atomic E-state index is 0.0939. The van der Waals surface area contributed by atoms with E-state index < -0.39 is 10.0 Å². The maximum Gasteiger partial charge on any atom is 0.276 e. The molecule has 0 aliphatic heterocycles. The maximum absolute atomic E-state index is 12.6. The molecular formula is C21H19N3O3S. The molecule has 0 aromatic heterocycles. The molecule has 0 atom stereocenters. The van der Waals surface area contributed by atoms with Gasteiger partial charge in [0.15, 0.2) is 0 Å². The van der Waals surface area contributed by atoms with E-state index in [1.165, 1.54) is 12.1 Å². The predicted octanol–water partition coefficient (Wildman–Crippen LogP) is 3.56. The van der Waals surface area contributed by atoms with E-state index in [9.17, 15) is 13.6 Å². The van der Waals surface area contributed by atoms with Gasteiger partial charge < -0.3 is 5.21 Å². The number of hydrazone groups is 1. The number of nitrogens with zero attached hydrogens (tertiary/aromatic N) is 2. The molecule has 0 heterocycles. The van der Waals surface area contributed by atoms with Gasteiger partial charge >= 0.3 is 0 Å². The van der Waals surface area contributed by atoms with Gasteiger partial charge in [0.2, 0.25) is 0 Å². The summed E-state index contributed by atoms with van der Waals surface area (Å²) in [6.45, 7) is 1.87. The Morgan fingerprint density at radius 2 is 1.29 bits per heavy atom. The number of nitrogens with one attached hydrogen (secondary N) is 1. The van der Waals surface area contributed by atoms with Crippen molar-refractivity contribution >= 4 is 21.4 Å². The summed E-state index contributed by atoms with van der Waals surface area (Å²) < 4.78 is 25.2. The zero-order valence-corrected chi connectivity index (χ0v) is 16.0. The molecule has 142 valence electrons. The highest BCUT2D eigenvalue weighted by molar-refractivity contribution is 7.89. The van der Waals surface area contributed by atoms with Gasteiger partial charge in [0.05, 0.1) is 4.90 Å². The van der Waals surface area contributed by atoms with Gasteiger partial charge in [-0.2, -0.15) is 18.4 Å². The molecule has 3 aromatic rings. The van der Waals surface area contributed by atoms with Crippen molar-refractivity contribution in [2.75, 3.05) is 0 Å². The van der Waals surface area contributed by atoms with Crippen LogP contribution in [0.5, 0.6) is 0 Å². The van der Waals surface area contributed by atoms with Crippen LogP contribution in [-0.2, 0) is 10.0 Å². The van der Waals surface area contributed by atoms with Crippen molar-refractivity contribution in [2.24, 2.45) is 10.3 Å². The third-order valence-electron chi connectivity index (χ3n) is 4.03. The van der Waals surface area contributed by atoms with Crippen LogP contribution in [0.1, 0.15) is 16.7 Å². The normalized spacial score (nSPS) is 12.6. The summed E-state index contributed by atoms with van der Waals surface area (Å²) in [5.41, 5.74) is 2.50. The highest BCUT2D eigenvalue weighted by atomic mass is 32.2. The van der Waals surface area contributed by atoms with Gasteiger partial charge in [0.1, 0.15) is 11.4 Å². The number of hydrogen-bond acceptors (Lipinski definition) is 5.